The maximum atomic E-state index is 4.91. The Morgan fingerprint density at radius 3 is 2.55 bits per heavy atom. The number of rotatable bonds is 4. The summed E-state index contributed by atoms with van der Waals surface area (Å²) in [6.45, 7) is 4.17. The topological polar surface area (TPSA) is 12.5 Å². The zero-order chi connectivity index (χ0) is 8.69. The molecule has 0 heterocycles. The zero-order valence-electron chi connectivity index (χ0n) is 7.79. The SMILES string of the molecule is C/C=C(\C=C/N(C)OC)CC. The van der Waals surface area contributed by atoms with Gasteiger partial charge in [-0.2, -0.15) is 0 Å². The first-order valence-electron chi connectivity index (χ1n) is 3.84. The number of hydrogen-bond acceptors (Lipinski definition) is 2. The van der Waals surface area contributed by atoms with Crippen molar-refractivity contribution in [1.29, 1.82) is 0 Å². The van der Waals surface area contributed by atoms with Crippen molar-refractivity contribution in [3.05, 3.63) is 23.9 Å². The first kappa shape index (κ1) is 10.2. The van der Waals surface area contributed by atoms with Crippen molar-refractivity contribution in [3.8, 4) is 0 Å². The molecule has 0 saturated carbocycles. The van der Waals surface area contributed by atoms with Gasteiger partial charge in [0.1, 0.15) is 0 Å². The Labute approximate surface area is 69.1 Å². The Morgan fingerprint density at radius 1 is 1.55 bits per heavy atom. The van der Waals surface area contributed by atoms with Crippen molar-refractivity contribution in [1.82, 2.24) is 5.06 Å². The molecule has 0 amide bonds. The molecule has 11 heavy (non-hydrogen) atoms. The Bertz CT molecular complexity index is 150. The lowest BCUT2D eigenvalue weighted by atomic mass is 10.2. The molecule has 0 N–H and O–H groups in total. The van der Waals surface area contributed by atoms with Crippen LogP contribution < -0.4 is 0 Å². The lowest BCUT2D eigenvalue weighted by Crippen LogP contribution is -2.07. The van der Waals surface area contributed by atoms with E-state index < -0.39 is 0 Å². The highest BCUT2D eigenvalue weighted by Gasteiger charge is 1.86. The van der Waals surface area contributed by atoms with Crippen LogP contribution in [0.15, 0.2) is 23.9 Å². The predicted octanol–water partition coefficient (Wildman–Crippen LogP) is 2.35. The van der Waals surface area contributed by atoms with Gasteiger partial charge >= 0.3 is 0 Å². The predicted molar refractivity (Wildman–Crippen MR) is 48.0 cm³/mol. The summed E-state index contributed by atoms with van der Waals surface area (Å²) in [5.74, 6) is 0. The molecular formula is C9H17NO. The van der Waals surface area contributed by atoms with Crippen LogP contribution in [-0.4, -0.2) is 19.2 Å². The standard InChI is InChI=1S/C9H17NO/c1-5-9(6-2)7-8-10(3)11-4/h5,7-8H,6H2,1-4H3/b8-7-,9-5-. The van der Waals surface area contributed by atoms with E-state index in [1.54, 1.807) is 12.2 Å². The number of allylic oxidation sites excluding steroid dienone is 3. The molecule has 0 spiro atoms. The molecule has 0 aromatic carbocycles. The quantitative estimate of drug-likeness (QED) is 0.456. The van der Waals surface area contributed by atoms with Gasteiger partial charge in [-0.15, -0.1) is 0 Å². The average molecular weight is 155 g/mol. The van der Waals surface area contributed by atoms with Crippen molar-refractivity contribution in [2.75, 3.05) is 14.2 Å². The third-order valence-corrected chi connectivity index (χ3v) is 1.57. The minimum Gasteiger partial charge on any atom is -0.278 e. The van der Waals surface area contributed by atoms with Crippen LogP contribution in [-0.2, 0) is 4.84 Å². The maximum absolute atomic E-state index is 4.91. The van der Waals surface area contributed by atoms with Crippen LogP contribution in [0.3, 0.4) is 0 Å². The fourth-order valence-corrected chi connectivity index (χ4v) is 0.680. The second-order valence-corrected chi connectivity index (χ2v) is 2.26. The second-order valence-electron chi connectivity index (χ2n) is 2.26. The molecule has 0 aromatic rings. The van der Waals surface area contributed by atoms with E-state index in [1.165, 1.54) is 5.57 Å². The van der Waals surface area contributed by atoms with Crippen molar-refractivity contribution >= 4 is 0 Å². The fourth-order valence-electron chi connectivity index (χ4n) is 0.680. The van der Waals surface area contributed by atoms with Gasteiger partial charge in [0, 0.05) is 13.2 Å². The van der Waals surface area contributed by atoms with Crippen molar-refractivity contribution in [2.24, 2.45) is 0 Å². The summed E-state index contributed by atoms with van der Waals surface area (Å²) in [5, 5.41) is 1.67. The fraction of sp³-hybridized carbons (Fsp3) is 0.556. The van der Waals surface area contributed by atoms with E-state index in [4.69, 9.17) is 4.84 Å². The minimum atomic E-state index is 1.06. The summed E-state index contributed by atoms with van der Waals surface area (Å²) in [6.07, 6.45) is 7.10. The maximum Gasteiger partial charge on any atom is 0.0638 e. The molecule has 0 rings (SSSR count). The van der Waals surface area contributed by atoms with Crippen LogP contribution in [0.2, 0.25) is 0 Å². The molecule has 0 atom stereocenters. The van der Waals surface area contributed by atoms with E-state index in [9.17, 15) is 0 Å². The highest BCUT2D eigenvalue weighted by molar-refractivity contribution is 5.16. The molecule has 0 bridgehead atoms. The zero-order valence-corrected chi connectivity index (χ0v) is 7.79. The molecule has 0 saturated heterocycles. The number of hydrogen-bond donors (Lipinski definition) is 0. The van der Waals surface area contributed by atoms with Gasteiger partial charge < -0.3 is 0 Å². The monoisotopic (exact) mass is 155 g/mol. The lowest BCUT2D eigenvalue weighted by Gasteiger charge is -2.08. The van der Waals surface area contributed by atoms with E-state index in [1.807, 2.05) is 26.2 Å². The Kier molecular flexibility index (Phi) is 5.57. The van der Waals surface area contributed by atoms with E-state index in [-0.39, 0.29) is 0 Å². The summed E-state index contributed by atoms with van der Waals surface area (Å²) in [4.78, 5) is 4.91. The number of hydroxylamine groups is 2. The van der Waals surface area contributed by atoms with Crippen molar-refractivity contribution in [3.63, 3.8) is 0 Å². The van der Waals surface area contributed by atoms with Crippen LogP contribution in [0.5, 0.6) is 0 Å². The molecule has 0 unspecified atom stereocenters. The summed E-state index contributed by atoms with van der Waals surface area (Å²) >= 11 is 0. The molecule has 0 aliphatic heterocycles. The largest absolute Gasteiger partial charge is 0.278 e. The first-order chi connectivity index (χ1) is 5.24. The van der Waals surface area contributed by atoms with E-state index in [2.05, 4.69) is 13.0 Å². The Morgan fingerprint density at radius 2 is 2.18 bits per heavy atom. The van der Waals surface area contributed by atoms with E-state index >= 15 is 0 Å². The van der Waals surface area contributed by atoms with Crippen LogP contribution in [0.1, 0.15) is 20.3 Å². The molecule has 2 heteroatoms. The van der Waals surface area contributed by atoms with Gasteiger partial charge in [-0.25, -0.2) is 0 Å². The van der Waals surface area contributed by atoms with Gasteiger partial charge in [-0.3, -0.25) is 9.90 Å². The molecule has 0 radical (unpaired) electrons. The van der Waals surface area contributed by atoms with E-state index in [0.29, 0.717) is 0 Å². The first-order valence-corrected chi connectivity index (χ1v) is 3.84. The molecule has 0 fully saturated rings. The molecular weight excluding hydrogens is 138 g/mol. The summed E-state index contributed by atoms with van der Waals surface area (Å²) < 4.78 is 0. The average Bonchev–Trinajstić information content (AvgIpc) is 2.06. The summed E-state index contributed by atoms with van der Waals surface area (Å²) in [7, 11) is 3.51. The molecule has 0 aromatic heterocycles. The van der Waals surface area contributed by atoms with Gasteiger partial charge in [0.25, 0.3) is 0 Å². The highest BCUT2D eigenvalue weighted by atomic mass is 16.7. The Balaban J connectivity index is 3.89. The van der Waals surface area contributed by atoms with Gasteiger partial charge in [-0.05, 0) is 19.4 Å². The summed E-state index contributed by atoms with van der Waals surface area (Å²) in [5.41, 5.74) is 1.31. The van der Waals surface area contributed by atoms with Gasteiger partial charge in [-0.1, -0.05) is 18.6 Å². The molecule has 0 aliphatic carbocycles. The van der Waals surface area contributed by atoms with Crippen LogP contribution in [0, 0.1) is 0 Å². The van der Waals surface area contributed by atoms with Gasteiger partial charge in [0.05, 0.1) is 7.11 Å². The minimum absolute atomic E-state index is 1.06. The Hall–Kier alpha value is -0.760. The van der Waals surface area contributed by atoms with Crippen molar-refractivity contribution < 1.29 is 4.84 Å². The highest BCUT2D eigenvalue weighted by Crippen LogP contribution is 2.01. The van der Waals surface area contributed by atoms with E-state index in [0.717, 1.165) is 6.42 Å². The second kappa shape index (κ2) is 5.98. The molecule has 64 valence electrons. The smallest absolute Gasteiger partial charge is 0.0638 e. The van der Waals surface area contributed by atoms with Crippen LogP contribution in [0.4, 0.5) is 0 Å². The third-order valence-electron chi connectivity index (χ3n) is 1.57. The van der Waals surface area contributed by atoms with Crippen LogP contribution in [0.25, 0.3) is 0 Å². The van der Waals surface area contributed by atoms with Crippen molar-refractivity contribution in [2.45, 2.75) is 20.3 Å². The third kappa shape index (κ3) is 4.62. The number of nitrogens with zero attached hydrogens (tertiary/aromatic N) is 1. The molecule has 2 nitrogen and oxygen atoms in total. The normalized spacial score (nSPS) is 12.5. The lowest BCUT2D eigenvalue weighted by molar-refractivity contribution is -0.0645. The van der Waals surface area contributed by atoms with Crippen LogP contribution >= 0.6 is 0 Å². The molecule has 0 aliphatic rings. The van der Waals surface area contributed by atoms with Gasteiger partial charge in [0.15, 0.2) is 0 Å². The summed E-state index contributed by atoms with van der Waals surface area (Å²) in [6, 6.07) is 0. The van der Waals surface area contributed by atoms with Gasteiger partial charge in [0.2, 0.25) is 0 Å².